The topological polar surface area (TPSA) is 134 Å². The number of nitro groups is 1. The molecule has 0 atom stereocenters. The second-order valence-corrected chi connectivity index (χ2v) is 9.52. The molecule has 3 aromatic carbocycles. The molecule has 0 aliphatic rings. The Morgan fingerprint density at radius 1 is 0.923 bits per heavy atom. The highest BCUT2D eigenvalue weighted by molar-refractivity contribution is 6.03. The zero-order valence-corrected chi connectivity index (χ0v) is 21.4. The van der Waals surface area contributed by atoms with Crippen LogP contribution in [0, 0.1) is 10.1 Å². The summed E-state index contributed by atoms with van der Waals surface area (Å²) in [5, 5.41) is 19.1. The molecule has 1 amide bonds. The number of hydrogen-bond donors (Lipinski definition) is 1. The minimum absolute atomic E-state index is 0.0497. The number of anilines is 1. The fourth-order valence-corrected chi connectivity index (χ4v) is 3.85. The predicted molar refractivity (Wildman–Crippen MR) is 145 cm³/mol. The van der Waals surface area contributed by atoms with Crippen molar-refractivity contribution in [2.75, 3.05) is 5.32 Å². The largest absolute Gasteiger partial charge is 0.457 e. The lowest BCUT2D eigenvalue weighted by Crippen LogP contribution is -2.27. The summed E-state index contributed by atoms with van der Waals surface area (Å²) in [7, 11) is 0. The second-order valence-electron chi connectivity index (χ2n) is 9.52. The molecule has 39 heavy (non-hydrogen) atoms. The average molecular weight is 525 g/mol. The van der Waals surface area contributed by atoms with Crippen LogP contribution in [0.2, 0.25) is 0 Å². The molecule has 5 rings (SSSR count). The van der Waals surface area contributed by atoms with Crippen LogP contribution in [0.15, 0.2) is 85.2 Å². The lowest BCUT2D eigenvalue weighted by molar-refractivity contribution is -0.384. The first kappa shape index (κ1) is 25.3. The molecule has 0 bridgehead atoms. The zero-order chi connectivity index (χ0) is 27.6. The Hall–Kier alpha value is -5.32. The van der Waals surface area contributed by atoms with E-state index in [1.54, 1.807) is 37.6 Å². The monoisotopic (exact) mass is 524 g/mol. The van der Waals surface area contributed by atoms with Gasteiger partial charge >= 0.3 is 6.09 Å². The molecule has 1 N–H and O–H groups in total. The Labute approximate surface area is 223 Å². The maximum Gasteiger partial charge on any atom is 0.413 e. The Bertz CT molecular complexity index is 1640. The summed E-state index contributed by atoms with van der Waals surface area (Å²) in [6, 6.07) is 22.6. The minimum atomic E-state index is -0.712. The highest BCUT2D eigenvalue weighted by Gasteiger charge is 2.23. The number of nitro benzene ring substituents is 1. The van der Waals surface area contributed by atoms with Crippen molar-refractivity contribution >= 4 is 28.6 Å². The van der Waals surface area contributed by atoms with Gasteiger partial charge < -0.3 is 9.47 Å². The third-order valence-corrected chi connectivity index (χ3v) is 5.50. The molecule has 0 aliphatic carbocycles. The summed E-state index contributed by atoms with van der Waals surface area (Å²) in [5.41, 5.74) is 1.37. The van der Waals surface area contributed by atoms with Gasteiger partial charge in [-0.05, 0) is 69.3 Å². The molecule has 0 saturated carbocycles. The van der Waals surface area contributed by atoms with E-state index < -0.39 is 16.6 Å². The van der Waals surface area contributed by atoms with Crippen molar-refractivity contribution in [1.29, 1.82) is 0 Å². The molecule has 0 unspecified atom stereocenters. The molecule has 2 heterocycles. The first-order chi connectivity index (χ1) is 18.7. The van der Waals surface area contributed by atoms with Gasteiger partial charge in [-0.2, -0.15) is 5.10 Å². The summed E-state index contributed by atoms with van der Waals surface area (Å²) in [5.74, 6) is 1.55. The molecule has 0 saturated heterocycles. The van der Waals surface area contributed by atoms with Gasteiger partial charge in [-0.15, -0.1) is 0 Å². The van der Waals surface area contributed by atoms with Gasteiger partial charge in [0.25, 0.3) is 5.69 Å². The average Bonchev–Trinajstić information content (AvgIpc) is 3.29. The van der Waals surface area contributed by atoms with Crippen LogP contribution in [-0.2, 0) is 4.74 Å². The molecule has 11 nitrogen and oxygen atoms in total. The van der Waals surface area contributed by atoms with E-state index in [4.69, 9.17) is 14.6 Å². The van der Waals surface area contributed by atoms with Gasteiger partial charge in [0.05, 0.1) is 16.0 Å². The van der Waals surface area contributed by atoms with Crippen LogP contribution in [-0.4, -0.2) is 36.4 Å². The van der Waals surface area contributed by atoms with Crippen molar-refractivity contribution in [3.63, 3.8) is 0 Å². The van der Waals surface area contributed by atoms with Crippen molar-refractivity contribution in [2.45, 2.75) is 26.4 Å². The van der Waals surface area contributed by atoms with E-state index in [0.29, 0.717) is 39.5 Å². The van der Waals surface area contributed by atoms with Crippen LogP contribution in [0.1, 0.15) is 20.8 Å². The van der Waals surface area contributed by atoms with Crippen LogP contribution in [0.4, 0.5) is 16.3 Å². The number of fused-ring (bicyclic) bond motifs is 1. The van der Waals surface area contributed by atoms with Gasteiger partial charge in [-0.25, -0.2) is 19.4 Å². The molecule has 11 heteroatoms. The number of amides is 1. The van der Waals surface area contributed by atoms with Crippen molar-refractivity contribution in [1.82, 2.24) is 19.7 Å². The van der Waals surface area contributed by atoms with Gasteiger partial charge in [-0.3, -0.25) is 15.4 Å². The number of benzene rings is 3. The van der Waals surface area contributed by atoms with Crippen molar-refractivity contribution in [2.24, 2.45) is 0 Å². The Kier molecular flexibility index (Phi) is 6.63. The summed E-state index contributed by atoms with van der Waals surface area (Å²) in [4.78, 5) is 32.0. The summed E-state index contributed by atoms with van der Waals surface area (Å²) >= 11 is 0. The number of rotatable bonds is 6. The van der Waals surface area contributed by atoms with E-state index in [9.17, 15) is 14.9 Å². The lowest BCUT2D eigenvalue weighted by atomic mass is 10.1. The number of aromatic nitrogens is 4. The molecule has 5 aromatic rings. The number of hydrogen-bond acceptors (Lipinski definition) is 8. The molecular formula is C28H24N6O5. The highest BCUT2D eigenvalue weighted by Crippen LogP contribution is 2.34. The summed E-state index contributed by atoms with van der Waals surface area (Å²) in [6.07, 6.45) is 0.627. The third kappa shape index (κ3) is 5.67. The number of nitrogens with one attached hydrogen (secondary N) is 1. The van der Waals surface area contributed by atoms with Crippen molar-refractivity contribution < 1.29 is 19.2 Å². The van der Waals surface area contributed by atoms with E-state index in [0.717, 1.165) is 0 Å². The Morgan fingerprint density at radius 3 is 2.23 bits per heavy atom. The van der Waals surface area contributed by atoms with E-state index in [1.807, 2.05) is 54.6 Å². The lowest BCUT2D eigenvalue weighted by Gasteiger charge is -2.19. The Morgan fingerprint density at radius 2 is 1.59 bits per heavy atom. The highest BCUT2D eigenvalue weighted by atomic mass is 16.6. The van der Waals surface area contributed by atoms with Gasteiger partial charge in [0.15, 0.2) is 11.5 Å². The van der Waals surface area contributed by atoms with Gasteiger partial charge in [0.2, 0.25) is 0 Å². The minimum Gasteiger partial charge on any atom is -0.457 e. The van der Waals surface area contributed by atoms with Gasteiger partial charge in [0.1, 0.15) is 29.1 Å². The Balaban J connectivity index is 1.59. The van der Waals surface area contributed by atoms with E-state index in [-0.39, 0.29) is 11.5 Å². The van der Waals surface area contributed by atoms with Crippen LogP contribution >= 0.6 is 0 Å². The number of ether oxygens (including phenoxy) is 2. The molecule has 0 radical (unpaired) electrons. The summed E-state index contributed by atoms with van der Waals surface area (Å²) in [6.45, 7) is 5.29. The van der Waals surface area contributed by atoms with Gasteiger partial charge in [0, 0.05) is 17.7 Å². The van der Waals surface area contributed by atoms with Crippen molar-refractivity contribution in [3.8, 4) is 28.4 Å². The van der Waals surface area contributed by atoms with Crippen LogP contribution in [0.3, 0.4) is 0 Å². The molecular weight excluding hydrogens is 500 g/mol. The van der Waals surface area contributed by atoms with Gasteiger partial charge in [-0.1, -0.05) is 18.2 Å². The number of carbonyl (C=O) groups excluding carboxylic acids is 1. The van der Waals surface area contributed by atoms with Crippen LogP contribution in [0.5, 0.6) is 11.5 Å². The fourth-order valence-electron chi connectivity index (χ4n) is 3.85. The normalized spacial score (nSPS) is 11.3. The quantitative estimate of drug-likeness (QED) is 0.196. The molecule has 0 fully saturated rings. The number of carbonyl (C=O) groups is 1. The third-order valence-electron chi connectivity index (χ3n) is 5.50. The van der Waals surface area contributed by atoms with E-state index >= 15 is 0 Å². The SMILES string of the molecule is CC(C)(C)OC(=O)Nc1ncnc2c1c(-c1ccc(Oc3ccccc3)cc1)nn2-c1ccc([N+](=O)[O-])cc1. The molecule has 0 spiro atoms. The fraction of sp³-hybridized carbons (Fsp3) is 0.143. The number of nitrogens with zero attached hydrogens (tertiary/aromatic N) is 5. The second kappa shape index (κ2) is 10.2. The maximum absolute atomic E-state index is 12.6. The zero-order valence-electron chi connectivity index (χ0n) is 21.4. The van der Waals surface area contributed by atoms with E-state index in [2.05, 4.69) is 15.3 Å². The predicted octanol–water partition coefficient (Wildman–Crippen LogP) is 6.53. The van der Waals surface area contributed by atoms with Crippen LogP contribution < -0.4 is 10.1 Å². The first-order valence-corrected chi connectivity index (χ1v) is 12.0. The van der Waals surface area contributed by atoms with Crippen LogP contribution in [0.25, 0.3) is 28.0 Å². The summed E-state index contributed by atoms with van der Waals surface area (Å²) < 4.78 is 12.9. The smallest absolute Gasteiger partial charge is 0.413 e. The number of para-hydroxylation sites is 1. The maximum atomic E-state index is 12.6. The molecule has 2 aromatic heterocycles. The molecule has 196 valence electrons. The molecule has 0 aliphatic heterocycles. The number of non-ortho nitro benzene ring substituents is 1. The first-order valence-electron chi connectivity index (χ1n) is 12.0. The van der Waals surface area contributed by atoms with Crippen molar-refractivity contribution in [3.05, 3.63) is 95.3 Å². The van der Waals surface area contributed by atoms with E-state index in [1.165, 1.54) is 18.5 Å². The standard InChI is InChI=1S/C28H24N6O5/c1-28(2,3)39-27(35)31-25-23-24(18-9-15-22(16-10-18)38-21-7-5-4-6-8-21)32-33(26(23)30-17-29-25)19-11-13-20(14-12-19)34(36)37/h4-17H,1-3H3,(H,29,30,31,35).